The number of carbonyl (C=O) groups excluding carboxylic acids is 3. The van der Waals surface area contributed by atoms with E-state index >= 15 is 0 Å². The molecule has 31 heavy (non-hydrogen) atoms. The van der Waals surface area contributed by atoms with Crippen LogP contribution in [-0.4, -0.2) is 59.2 Å². The van der Waals surface area contributed by atoms with E-state index in [1.54, 1.807) is 18.4 Å². The van der Waals surface area contributed by atoms with Crippen LogP contribution >= 0.6 is 11.3 Å². The third-order valence-electron chi connectivity index (χ3n) is 6.24. The average Bonchev–Trinajstić information content (AvgIpc) is 3.28. The van der Waals surface area contributed by atoms with Gasteiger partial charge in [-0.3, -0.25) is 14.4 Å². The molecule has 2 aliphatic rings. The van der Waals surface area contributed by atoms with Crippen molar-refractivity contribution in [3.05, 3.63) is 52.2 Å². The van der Waals surface area contributed by atoms with E-state index in [1.165, 1.54) is 18.3 Å². The van der Waals surface area contributed by atoms with Crippen LogP contribution in [0.3, 0.4) is 0 Å². The molecule has 2 aromatic rings. The number of hydrogen-bond donors (Lipinski definition) is 0. The Morgan fingerprint density at radius 1 is 1.13 bits per heavy atom. The molecule has 2 saturated heterocycles. The Kier molecular flexibility index (Phi) is 6.41. The number of fused-ring (bicyclic) bond motifs is 1. The van der Waals surface area contributed by atoms with Crippen LogP contribution in [-0.2, 0) is 4.79 Å². The highest BCUT2D eigenvalue weighted by Gasteiger charge is 2.40. The van der Waals surface area contributed by atoms with Crippen LogP contribution < -0.4 is 4.74 Å². The monoisotopic (exact) mass is 440 g/mol. The Hall–Kier alpha value is -2.67. The number of para-hydroxylation sites is 1. The average molecular weight is 441 g/mol. The molecule has 0 radical (unpaired) electrons. The SMILES string of the molecule is CC(=O)c1cc(C(=O)N2CC[C@@H]3[C@@H](CCCN3C(=O)C(C)Oc3ccccc3)C2)cs1. The van der Waals surface area contributed by atoms with E-state index in [0.717, 1.165) is 25.8 Å². The molecule has 7 heteroatoms. The Morgan fingerprint density at radius 3 is 2.61 bits per heavy atom. The minimum atomic E-state index is -0.545. The molecular formula is C24H28N2O4S. The minimum absolute atomic E-state index is 0.0160. The van der Waals surface area contributed by atoms with Gasteiger partial charge in [-0.2, -0.15) is 0 Å². The lowest BCUT2D eigenvalue weighted by Crippen LogP contribution is -2.58. The number of hydrogen-bond acceptors (Lipinski definition) is 5. The number of ketones is 1. The maximum Gasteiger partial charge on any atom is 0.263 e. The van der Waals surface area contributed by atoms with Crippen molar-refractivity contribution in [2.24, 2.45) is 5.92 Å². The van der Waals surface area contributed by atoms with Gasteiger partial charge in [-0.1, -0.05) is 18.2 Å². The van der Waals surface area contributed by atoms with Crippen molar-refractivity contribution in [3.63, 3.8) is 0 Å². The number of amides is 2. The van der Waals surface area contributed by atoms with Gasteiger partial charge < -0.3 is 14.5 Å². The quantitative estimate of drug-likeness (QED) is 0.662. The van der Waals surface area contributed by atoms with Gasteiger partial charge in [-0.05, 0) is 57.2 Å². The number of rotatable bonds is 5. The Balaban J connectivity index is 1.40. The highest BCUT2D eigenvalue weighted by atomic mass is 32.1. The highest BCUT2D eigenvalue weighted by Crippen LogP contribution is 2.32. The van der Waals surface area contributed by atoms with Crippen LogP contribution in [0.2, 0.25) is 0 Å². The first-order chi connectivity index (χ1) is 14.9. The summed E-state index contributed by atoms with van der Waals surface area (Å²) in [5.41, 5.74) is 0.585. The van der Waals surface area contributed by atoms with E-state index in [-0.39, 0.29) is 29.6 Å². The Labute approximate surface area is 186 Å². The molecule has 0 saturated carbocycles. The van der Waals surface area contributed by atoms with Gasteiger partial charge in [0, 0.05) is 31.1 Å². The van der Waals surface area contributed by atoms with E-state index < -0.39 is 6.10 Å². The second kappa shape index (κ2) is 9.22. The number of benzene rings is 1. The van der Waals surface area contributed by atoms with Crippen molar-refractivity contribution in [1.82, 2.24) is 9.80 Å². The summed E-state index contributed by atoms with van der Waals surface area (Å²) in [6.07, 6.45) is 2.16. The molecule has 2 aliphatic heterocycles. The van der Waals surface area contributed by atoms with Crippen molar-refractivity contribution in [1.29, 1.82) is 0 Å². The lowest BCUT2D eigenvalue weighted by atomic mass is 9.83. The first-order valence-electron chi connectivity index (χ1n) is 10.8. The predicted molar refractivity (Wildman–Crippen MR) is 120 cm³/mol. The lowest BCUT2D eigenvalue weighted by Gasteiger charge is -2.47. The van der Waals surface area contributed by atoms with Crippen molar-refractivity contribution in [2.45, 2.75) is 45.3 Å². The maximum atomic E-state index is 13.2. The molecule has 1 aromatic carbocycles. The van der Waals surface area contributed by atoms with Crippen LogP contribution in [0.1, 0.15) is 53.1 Å². The molecule has 2 fully saturated rings. The summed E-state index contributed by atoms with van der Waals surface area (Å²) in [7, 11) is 0. The van der Waals surface area contributed by atoms with Crippen LogP contribution in [0.4, 0.5) is 0 Å². The van der Waals surface area contributed by atoms with E-state index in [2.05, 4.69) is 0 Å². The smallest absolute Gasteiger partial charge is 0.263 e. The summed E-state index contributed by atoms with van der Waals surface area (Å²) in [4.78, 5) is 42.1. The topological polar surface area (TPSA) is 66.9 Å². The molecule has 164 valence electrons. The number of ether oxygens (including phenoxy) is 1. The predicted octanol–water partition coefficient (Wildman–Crippen LogP) is 3.87. The second-order valence-electron chi connectivity index (χ2n) is 8.37. The van der Waals surface area contributed by atoms with Gasteiger partial charge in [-0.25, -0.2) is 0 Å². The van der Waals surface area contributed by atoms with Crippen molar-refractivity contribution in [3.8, 4) is 5.75 Å². The summed E-state index contributed by atoms with van der Waals surface area (Å²) >= 11 is 1.32. The summed E-state index contributed by atoms with van der Waals surface area (Å²) in [6, 6.07) is 11.2. The van der Waals surface area contributed by atoms with E-state index in [0.29, 0.717) is 29.3 Å². The second-order valence-corrected chi connectivity index (χ2v) is 9.28. The van der Waals surface area contributed by atoms with Gasteiger partial charge in [0.05, 0.1) is 10.4 Å². The molecule has 4 rings (SSSR count). The third-order valence-corrected chi connectivity index (χ3v) is 7.27. The molecule has 3 heterocycles. The van der Waals surface area contributed by atoms with E-state index in [9.17, 15) is 14.4 Å². The van der Waals surface area contributed by atoms with E-state index in [4.69, 9.17) is 4.74 Å². The van der Waals surface area contributed by atoms with Gasteiger partial charge in [0.1, 0.15) is 5.75 Å². The zero-order chi connectivity index (χ0) is 22.0. The molecule has 0 aliphatic carbocycles. The van der Waals surface area contributed by atoms with Crippen LogP contribution in [0.5, 0.6) is 5.75 Å². The number of piperidine rings is 2. The first-order valence-corrected chi connectivity index (χ1v) is 11.7. The number of nitrogens with zero attached hydrogens (tertiary/aromatic N) is 2. The van der Waals surface area contributed by atoms with Crippen LogP contribution in [0.25, 0.3) is 0 Å². The minimum Gasteiger partial charge on any atom is -0.481 e. The summed E-state index contributed by atoms with van der Waals surface area (Å²) in [5, 5.41) is 1.77. The molecular weight excluding hydrogens is 412 g/mol. The first kappa shape index (κ1) is 21.6. The van der Waals surface area contributed by atoms with Crippen molar-refractivity contribution in [2.75, 3.05) is 19.6 Å². The van der Waals surface area contributed by atoms with Crippen molar-refractivity contribution >= 4 is 28.9 Å². The number of thiophene rings is 1. The molecule has 0 bridgehead atoms. The third kappa shape index (κ3) is 4.66. The zero-order valence-electron chi connectivity index (χ0n) is 18.0. The van der Waals surface area contributed by atoms with Crippen LogP contribution in [0.15, 0.2) is 41.8 Å². The van der Waals surface area contributed by atoms with Crippen molar-refractivity contribution < 1.29 is 19.1 Å². The van der Waals surface area contributed by atoms with Gasteiger partial charge in [0.15, 0.2) is 11.9 Å². The van der Waals surface area contributed by atoms with Gasteiger partial charge in [0.2, 0.25) is 0 Å². The fourth-order valence-corrected chi connectivity index (χ4v) is 5.45. The van der Waals surface area contributed by atoms with Crippen LogP contribution in [0, 0.1) is 5.92 Å². The summed E-state index contributed by atoms with van der Waals surface area (Å²) in [6.45, 7) is 5.32. The Bertz CT molecular complexity index is 957. The molecule has 1 unspecified atom stereocenters. The Morgan fingerprint density at radius 2 is 1.90 bits per heavy atom. The summed E-state index contributed by atoms with van der Waals surface area (Å²) < 4.78 is 5.87. The molecule has 6 nitrogen and oxygen atoms in total. The summed E-state index contributed by atoms with van der Waals surface area (Å²) in [5.74, 6) is 0.938. The number of likely N-dealkylation sites (tertiary alicyclic amines) is 2. The largest absolute Gasteiger partial charge is 0.481 e. The zero-order valence-corrected chi connectivity index (χ0v) is 18.8. The normalized spacial score (nSPS) is 21.9. The maximum absolute atomic E-state index is 13.2. The number of carbonyl (C=O) groups is 3. The molecule has 3 atom stereocenters. The van der Waals surface area contributed by atoms with Gasteiger partial charge in [-0.15, -0.1) is 11.3 Å². The lowest BCUT2D eigenvalue weighted by molar-refractivity contribution is -0.144. The fourth-order valence-electron chi connectivity index (χ4n) is 4.66. The van der Waals surface area contributed by atoms with E-state index in [1.807, 2.05) is 40.1 Å². The molecule has 1 aromatic heterocycles. The molecule has 0 N–H and O–H groups in total. The number of Topliss-reactive ketones (excluding diaryl/α,β-unsaturated/α-hetero) is 1. The molecule has 0 spiro atoms. The highest BCUT2D eigenvalue weighted by molar-refractivity contribution is 7.12. The molecule has 2 amide bonds. The van der Waals surface area contributed by atoms with Gasteiger partial charge >= 0.3 is 0 Å². The van der Waals surface area contributed by atoms with Gasteiger partial charge in [0.25, 0.3) is 11.8 Å². The fraction of sp³-hybridized carbons (Fsp3) is 0.458. The standard InChI is InChI=1S/C24H28N2O4S/c1-16(27)22-13-19(15-31-22)24(29)25-12-10-21-18(14-25)7-6-11-26(21)23(28)17(2)30-20-8-4-3-5-9-20/h3-5,8-9,13,15,17-18,21H,6-7,10-12,14H2,1-2H3/t17?,18-,21+/m0/s1.